The molecule has 0 atom stereocenters. The summed E-state index contributed by atoms with van der Waals surface area (Å²) in [5.41, 5.74) is 1.52. The average molecular weight is 332 g/mol. The molecule has 0 aliphatic heterocycles. The van der Waals surface area contributed by atoms with E-state index in [0.717, 1.165) is 16.3 Å². The summed E-state index contributed by atoms with van der Waals surface area (Å²) in [4.78, 5) is 18.6. The summed E-state index contributed by atoms with van der Waals surface area (Å²) in [5, 5.41) is 0.728. The molecule has 0 spiro atoms. The molecule has 6 heteroatoms. The molecule has 0 saturated carbocycles. The van der Waals surface area contributed by atoms with E-state index in [4.69, 9.17) is 9.47 Å². The Morgan fingerprint density at radius 3 is 2.70 bits per heavy atom. The molecule has 0 aliphatic carbocycles. The summed E-state index contributed by atoms with van der Waals surface area (Å²) in [7, 11) is 4.98. The Kier molecular flexibility index (Phi) is 5.87. The van der Waals surface area contributed by atoms with Crippen molar-refractivity contribution in [2.75, 3.05) is 27.5 Å². The quantitative estimate of drug-likeness (QED) is 0.761. The first-order valence-electron chi connectivity index (χ1n) is 7.06. The second kappa shape index (κ2) is 7.87. The van der Waals surface area contributed by atoms with E-state index in [0.29, 0.717) is 17.9 Å². The van der Waals surface area contributed by atoms with E-state index in [-0.39, 0.29) is 5.91 Å². The first-order chi connectivity index (χ1) is 11.1. The van der Waals surface area contributed by atoms with Gasteiger partial charge in [0, 0.05) is 31.4 Å². The van der Waals surface area contributed by atoms with Crippen molar-refractivity contribution in [1.82, 2.24) is 9.88 Å². The van der Waals surface area contributed by atoms with Crippen LogP contribution in [0, 0.1) is 0 Å². The smallest absolute Gasteiger partial charge is 0.256 e. The van der Waals surface area contributed by atoms with Gasteiger partial charge in [-0.25, -0.2) is 4.98 Å². The van der Waals surface area contributed by atoms with Gasteiger partial charge in [0.1, 0.15) is 16.5 Å². The molecule has 0 radical (unpaired) electrons. The number of pyridine rings is 1. The molecule has 0 fully saturated rings. The fraction of sp³-hybridized carbons (Fsp3) is 0.294. The van der Waals surface area contributed by atoms with Gasteiger partial charge in [-0.1, -0.05) is 0 Å². The van der Waals surface area contributed by atoms with Crippen LogP contribution in [0.25, 0.3) is 0 Å². The van der Waals surface area contributed by atoms with Crippen LogP contribution in [0.5, 0.6) is 11.5 Å². The first-order valence-corrected chi connectivity index (χ1v) is 8.28. The highest BCUT2D eigenvalue weighted by Crippen LogP contribution is 2.26. The molecule has 0 saturated heterocycles. The number of amides is 1. The van der Waals surface area contributed by atoms with Crippen LogP contribution in [0.15, 0.2) is 41.6 Å². The van der Waals surface area contributed by atoms with Gasteiger partial charge in [-0.3, -0.25) is 4.79 Å². The van der Waals surface area contributed by atoms with Gasteiger partial charge in [0.2, 0.25) is 0 Å². The van der Waals surface area contributed by atoms with Crippen LogP contribution in [0.1, 0.15) is 15.9 Å². The largest absolute Gasteiger partial charge is 0.497 e. The van der Waals surface area contributed by atoms with Crippen LogP contribution >= 0.6 is 11.8 Å². The van der Waals surface area contributed by atoms with Crippen LogP contribution < -0.4 is 9.47 Å². The van der Waals surface area contributed by atoms with Gasteiger partial charge >= 0.3 is 0 Å². The second-order valence-electron chi connectivity index (χ2n) is 4.90. The lowest BCUT2D eigenvalue weighted by molar-refractivity contribution is 0.0780. The van der Waals surface area contributed by atoms with Gasteiger partial charge in [0.15, 0.2) is 0 Å². The van der Waals surface area contributed by atoms with Crippen molar-refractivity contribution >= 4 is 17.7 Å². The second-order valence-corrected chi connectivity index (χ2v) is 5.69. The molecule has 1 aromatic carbocycles. The molecule has 0 aliphatic rings. The molecule has 1 aromatic heterocycles. The maximum absolute atomic E-state index is 12.7. The Hall–Kier alpha value is -2.21. The Bertz CT molecular complexity index is 691. The molecule has 0 bridgehead atoms. The third-order valence-corrected chi connectivity index (χ3v) is 4.16. The van der Waals surface area contributed by atoms with E-state index in [1.54, 1.807) is 44.5 Å². The summed E-state index contributed by atoms with van der Waals surface area (Å²) in [5.74, 6) is 1.34. The van der Waals surface area contributed by atoms with E-state index >= 15 is 0 Å². The number of rotatable bonds is 6. The van der Waals surface area contributed by atoms with Crippen LogP contribution in [0.4, 0.5) is 0 Å². The highest BCUT2D eigenvalue weighted by Gasteiger charge is 2.18. The average Bonchev–Trinajstić information content (AvgIpc) is 2.61. The number of hydrogen-bond donors (Lipinski definition) is 0. The minimum atomic E-state index is -0.0691. The van der Waals surface area contributed by atoms with Gasteiger partial charge in [-0.2, -0.15) is 0 Å². The van der Waals surface area contributed by atoms with Crippen molar-refractivity contribution in [3.05, 3.63) is 47.7 Å². The van der Waals surface area contributed by atoms with Crippen molar-refractivity contribution in [2.24, 2.45) is 0 Å². The first kappa shape index (κ1) is 17.1. The monoisotopic (exact) mass is 332 g/mol. The van der Waals surface area contributed by atoms with Crippen molar-refractivity contribution in [3.63, 3.8) is 0 Å². The summed E-state index contributed by atoms with van der Waals surface area (Å²) in [6.45, 7) is 0.439. The summed E-state index contributed by atoms with van der Waals surface area (Å²) < 4.78 is 10.6. The predicted octanol–water partition coefficient (Wildman–Crippen LogP) is 3.09. The van der Waals surface area contributed by atoms with Gasteiger partial charge in [-0.15, -0.1) is 11.8 Å². The molecule has 5 nitrogen and oxygen atoms in total. The predicted molar refractivity (Wildman–Crippen MR) is 91.4 cm³/mol. The lowest BCUT2D eigenvalue weighted by Crippen LogP contribution is -2.27. The van der Waals surface area contributed by atoms with Crippen molar-refractivity contribution in [1.29, 1.82) is 0 Å². The number of carbonyl (C=O) groups is 1. The van der Waals surface area contributed by atoms with Crippen LogP contribution in [0.3, 0.4) is 0 Å². The molecular weight excluding hydrogens is 312 g/mol. The summed E-state index contributed by atoms with van der Waals surface area (Å²) >= 11 is 1.46. The minimum absolute atomic E-state index is 0.0691. The molecule has 122 valence electrons. The topological polar surface area (TPSA) is 51.7 Å². The molecule has 1 amide bonds. The number of methoxy groups -OCH3 is 2. The Labute approximate surface area is 140 Å². The standard InChI is InChI=1S/C17H20N2O3S/c1-19(17(20)14-6-5-9-18-16(14)23-4)11-12-7-8-13(21-2)10-15(12)22-3/h5-10H,11H2,1-4H3. The van der Waals surface area contributed by atoms with Gasteiger partial charge in [-0.05, 0) is 30.5 Å². The van der Waals surface area contributed by atoms with Crippen LogP contribution in [0.2, 0.25) is 0 Å². The fourth-order valence-corrected chi connectivity index (χ4v) is 2.77. The third-order valence-electron chi connectivity index (χ3n) is 3.44. The van der Waals surface area contributed by atoms with E-state index < -0.39 is 0 Å². The van der Waals surface area contributed by atoms with Gasteiger partial charge < -0.3 is 14.4 Å². The zero-order valence-corrected chi connectivity index (χ0v) is 14.5. The van der Waals surface area contributed by atoms with Crippen molar-refractivity contribution < 1.29 is 14.3 Å². The third kappa shape index (κ3) is 3.96. The Morgan fingerprint density at radius 2 is 2.04 bits per heavy atom. The summed E-state index contributed by atoms with van der Waals surface area (Å²) in [6.07, 6.45) is 3.60. The number of hydrogen-bond acceptors (Lipinski definition) is 5. The highest BCUT2D eigenvalue weighted by molar-refractivity contribution is 7.98. The number of benzene rings is 1. The Balaban J connectivity index is 2.21. The van der Waals surface area contributed by atoms with Crippen LogP contribution in [-0.2, 0) is 6.54 Å². The van der Waals surface area contributed by atoms with E-state index in [1.165, 1.54) is 11.8 Å². The molecule has 0 N–H and O–H groups in total. The van der Waals surface area contributed by atoms with Crippen molar-refractivity contribution in [2.45, 2.75) is 11.6 Å². The fourth-order valence-electron chi connectivity index (χ4n) is 2.23. The molecule has 23 heavy (non-hydrogen) atoms. The lowest BCUT2D eigenvalue weighted by Gasteiger charge is -2.20. The minimum Gasteiger partial charge on any atom is -0.497 e. The van der Waals surface area contributed by atoms with Gasteiger partial charge in [0.05, 0.1) is 19.8 Å². The number of thioether (sulfide) groups is 1. The van der Waals surface area contributed by atoms with Crippen molar-refractivity contribution in [3.8, 4) is 11.5 Å². The number of carbonyl (C=O) groups excluding carboxylic acids is 1. The molecule has 2 aromatic rings. The highest BCUT2D eigenvalue weighted by atomic mass is 32.2. The zero-order chi connectivity index (χ0) is 16.8. The maximum Gasteiger partial charge on any atom is 0.256 e. The number of nitrogens with zero attached hydrogens (tertiary/aromatic N) is 2. The molecular formula is C17H20N2O3S. The molecule has 0 unspecified atom stereocenters. The Morgan fingerprint density at radius 1 is 1.26 bits per heavy atom. The SMILES string of the molecule is COc1ccc(CN(C)C(=O)c2cccnc2SC)c(OC)c1. The number of aromatic nitrogens is 1. The normalized spacial score (nSPS) is 10.3. The zero-order valence-electron chi connectivity index (χ0n) is 13.7. The molecule has 2 rings (SSSR count). The maximum atomic E-state index is 12.7. The molecule has 1 heterocycles. The lowest BCUT2D eigenvalue weighted by atomic mass is 10.1. The number of ether oxygens (including phenoxy) is 2. The summed E-state index contributed by atoms with van der Waals surface area (Å²) in [6, 6.07) is 9.14. The van der Waals surface area contributed by atoms with Crippen LogP contribution in [-0.4, -0.2) is 43.3 Å². The van der Waals surface area contributed by atoms with Gasteiger partial charge in [0.25, 0.3) is 5.91 Å². The van der Waals surface area contributed by atoms with E-state index in [9.17, 15) is 4.79 Å². The van der Waals surface area contributed by atoms with E-state index in [2.05, 4.69) is 4.98 Å². The van der Waals surface area contributed by atoms with E-state index in [1.807, 2.05) is 24.5 Å².